The molecule has 0 aliphatic carbocycles. The number of hydrogen-bond acceptors (Lipinski definition) is 15. The summed E-state index contributed by atoms with van der Waals surface area (Å²) >= 11 is 0. The van der Waals surface area contributed by atoms with Crippen LogP contribution in [0.25, 0.3) is 0 Å². The van der Waals surface area contributed by atoms with Crippen molar-refractivity contribution in [3.63, 3.8) is 0 Å². The van der Waals surface area contributed by atoms with Gasteiger partial charge in [-0.25, -0.2) is 9.13 Å². The van der Waals surface area contributed by atoms with Gasteiger partial charge < -0.3 is 33.8 Å². The number of aliphatic hydroxyl groups is 1. The first kappa shape index (κ1) is 82.1. The summed E-state index contributed by atoms with van der Waals surface area (Å²) in [4.78, 5) is 72.2. The summed E-state index contributed by atoms with van der Waals surface area (Å²) in [6.45, 7) is 7.13. The summed E-state index contributed by atoms with van der Waals surface area (Å²) in [6.07, 6.45) is 43.0. The summed E-state index contributed by atoms with van der Waals surface area (Å²) in [7, 11) is -9.89. The van der Waals surface area contributed by atoms with E-state index in [4.69, 9.17) is 37.0 Å². The molecule has 498 valence electrons. The first-order valence-corrected chi connectivity index (χ1v) is 37.1. The zero-order chi connectivity index (χ0) is 62.0. The van der Waals surface area contributed by atoms with Gasteiger partial charge in [0.15, 0.2) is 12.2 Å². The van der Waals surface area contributed by atoms with Gasteiger partial charge in [0, 0.05) is 25.7 Å². The zero-order valence-electron chi connectivity index (χ0n) is 54.0. The molecule has 0 heterocycles. The fourth-order valence-electron chi connectivity index (χ4n) is 9.76. The Kier molecular flexibility index (Phi) is 57.4. The van der Waals surface area contributed by atoms with Crippen molar-refractivity contribution in [1.82, 2.24) is 0 Å². The van der Waals surface area contributed by atoms with Crippen LogP contribution in [-0.4, -0.2) is 96.7 Å². The number of unbranched alkanes of at least 4 members (excludes halogenated alkanes) is 37. The van der Waals surface area contributed by atoms with Crippen LogP contribution in [0.2, 0.25) is 0 Å². The molecule has 0 aliphatic rings. The quantitative estimate of drug-likeness (QED) is 0.0222. The second-order valence-corrected chi connectivity index (χ2v) is 26.9. The molecular weight excluding hydrogens is 1110 g/mol. The molecule has 0 rings (SSSR count). The average Bonchev–Trinajstić information content (AvgIpc) is 3.58. The minimum atomic E-state index is -4.94. The maximum atomic E-state index is 13.0. The predicted octanol–water partition coefficient (Wildman–Crippen LogP) is 18.2. The summed E-state index contributed by atoms with van der Waals surface area (Å²) in [6, 6.07) is 0. The van der Waals surface area contributed by atoms with Gasteiger partial charge in [-0.1, -0.05) is 279 Å². The van der Waals surface area contributed by atoms with E-state index in [1.807, 2.05) is 0 Å². The lowest BCUT2D eigenvalue weighted by molar-refractivity contribution is -0.161. The van der Waals surface area contributed by atoms with E-state index in [1.54, 1.807) is 0 Å². The molecule has 0 aromatic rings. The maximum absolute atomic E-state index is 13.0. The molecule has 0 aliphatic heterocycles. The summed E-state index contributed by atoms with van der Waals surface area (Å²) in [5, 5.41) is 10.5. The fourth-order valence-corrected chi connectivity index (χ4v) is 11.3. The Hall–Kier alpha value is -1.94. The maximum Gasteiger partial charge on any atom is 0.472 e. The standard InChI is InChI=1S/C65H126O17P2/c1-6-9-12-15-18-21-24-25-27-30-35-40-45-50-64(69)81-60(54-76-63(68)49-44-39-34-29-26-22-19-16-13-10-7-2)56-79-83(71,72)77-52-59(66)53-78-84(73,74)80-57-61(82-65(70)51-46-41-36-31-32-37-42-47-58(4)5)55-75-62(67)48-43-38-33-28-23-20-17-14-11-8-3/h58-61,66H,6-57H2,1-5H3,(H,71,72)(H,73,74)/t59-,60-,61-/m1/s1. The number of esters is 4. The summed E-state index contributed by atoms with van der Waals surface area (Å²) < 4.78 is 68.0. The Bertz CT molecular complexity index is 1640. The number of phosphoric acid groups is 2. The number of phosphoric ester groups is 2. The lowest BCUT2D eigenvalue weighted by atomic mass is 10.0. The van der Waals surface area contributed by atoms with Crippen LogP contribution in [0, 0.1) is 5.92 Å². The second kappa shape index (κ2) is 58.7. The van der Waals surface area contributed by atoms with Gasteiger partial charge in [-0.3, -0.25) is 37.3 Å². The molecule has 2 unspecified atom stereocenters. The summed E-state index contributed by atoms with van der Waals surface area (Å²) in [5.41, 5.74) is 0. The molecule has 0 aromatic carbocycles. The Balaban J connectivity index is 5.24. The first-order valence-electron chi connectivity index (χ1n) is 34.1. The van der Waals surface area contributed by atoms with E-state index in [0.717, 1.165) is 89.9 Å². The number of hydrogen-bond donors (Lipinski definition) is 3. The van der Waals surface area contributed by atoms with E-state index >= 15 is 0 Å². The minimum absolute atomic E-state index is 0.104. The molecule has 0 aromatic heterocycles. The third kappa shape index (κ3) is 59.0. The van der Waals surface area contributed by atoms with Crippen molar-refractivity contribution >= 4 is 39.5 Å². The van der Waals surface area contributed by atoms with Crippen molar-refractivity contribution in [3.8, 4) is 0 Å². The smallest absolute Gasteiger partial charge is 0.462 e. The SMILES string of the molecule is CCCCCCCCCCCCCCCC(=O)O[C@H](COC(=O)CCCCCCCCCCCCC)COP(=O)(O)OC[C@@H](O)COP(=O)(O)OC[C@@H](COC(=O)CCCCCCCCCCCC)OC(=O)CCCCCCCCCC(C)C. The first-order chi connectivity index (χ1) is 40.5. The van der Waals surface area contributed by atoms with Crippen molar-refractivity contribution in [2.24, 2.45) is 5.92 Å². The molecule has 0 amide bonds. The largest absolute Gasteiger partial charge is 0.472 e. The number of rotatable bonds is 65. The molecule has 0 radical (unpaired) electrons. The number of aliphatic hydroxyl groups excluding tert-OH is 1. The highest BCUT2D eigenvalue weighted by atomic mass is 31.2. The van der Waals surface area contributed by atoms with E-state index in [9.17, 15) is 43.2 Å². The van der Waals surface area contributed by atoms with Crippen LogP contribution in [-0.2, 0) is 65.4 Å². The highest BCUT2D eigenvalue weighted by Gasteiger charge is 2.30. The average molecular weight is 1240 g/mol. The van der Waals surface area contributed by atoms with Gasteiger partial charge in [0.25, 0.3) is 0 Å². The Morgan fingerprint density at radius 3 is 0.810 bits per heavy atom. The lowest BCUT2D eigenvalue weighted by Crippen LogP contribution is -2.30. The monoisotopic (exact) mass is 1240 g/mol. The van der Waals surface area contributed by atoms with Crippen molar-refractivity contribution in [2.45, 2.75) is 348 Å². The van der Waals surface area contributed by atoms with Gasteiger partial charge in [0.1, 0.15) is 19.3 Å². The molecule has 19 heteroatoms. The van der Waals surface area contributed by atoms with E-state index in [1.165, 1.54) is 154 Å². The van der Waals surface area contributed by atoms with Gasteiger partial charge >= 0.3 is 39.5 Å². The molecule has 0 saturated carbocycles. The van der Waals surface area contributed by atoms with E-state index < -0.39 is 97.5 Å². The van der Waals surface area contributed by atoms with Gasteiger partial charge in [0.05, 0.1) is 26.4 Å². The zero-order valence-corrected chi connectivity index (χ0v) is 55.8. The molecule has 0 saturated heterocycles. The molecule has 0 fully saturated rings. The molecule has 3 N–H and O–H groups in total. The fraction of sp³-hybridized carbons (Fsp3) is 0.938. The molecule has 17 nitrogen and oxygen atoms in total. The van der Waals surface area contributed by atoms with Crippen molar-refractivity contribution in [1.29, 1.82) is 0 Å². The number of carbonyl (C=O) groups excluding carboxylic acids is 4. The molecule has 5 atom stereocenters. The highest BCUT2D eigenvalue weighted by Crippen LogP contribution is 2.45. The van der Waals surface area contributed by atoms with E-state index in [-0.39, 0.29) is 25.7 Å². The Morgan fingerprint density at radius 2 is 0.548 bits per heavy atom. The molecule has 84 heavy (non-hydrogen) atoms. The Labute approximate surface area is 511 Å². The third-order valence-corrected chi connectivity index (χ3v) is 16.9. The normalized spacial score (nSPS) is 14.2. The Morgan fingerprint density at radius 1 is 0.321 bits per heavy atom. The van der Waals surface area contributed by atoms with Crippen LogP contribution in [0.15, 0.2) is 0 Å². The van der Waals surface area contributed by atoms with Gasteiger partial charge in [-0.2, -0.15) is 0 Å². The highest BCUT2D eigenvalue weighted by molar-refractivity contribution is 7.47. The van der Waals surface area contributed by atoms with Gasteiger partial charge in [-0.05, 0) is 31.6 Å². The van der Waals surface area contributed by atoms with Crippen LogP contribution in [0.5, 0.6) is 0 Å². The van der Waals surface area contributed by atoms with Gasteiger partial charge in [0.2, 0.25) is 0 Å². The number of ether oxygens (including phenoxy) is 4. The van der Waals surface area contributed by atoms with Crippen LogP contribution >= 0.6 is 15.6 Å². The third-order valence-electron chi connectivity index (χ3n) is 15.0. The molecular formula is C65H126O17P2. The second-order valence-electron chi connectivity index (χ2n) is 24.0. The molecule has 0 spiro atoms. The minimum Gasteiger partial charge on any atom is -0.462 e. The predicted molar refractivity (Wildman–Crippen MR) is 335 cm³/mol. The van der Waals surface area contributed by atoms with Crippen LogP contribution < -0.4 is 0 Å². The summed E-state index contributed by atoms with van der Waals surface area (Å²) in [5.74, 6) is -1.43. The van der Waals surface area contributed by atoms with E-state index in [0.29, 0.717) is 31.6 Å². The van der Waals surface area contributed by atoms with Crippen LogP contribution in [0.4, 0.5) is 0 Å². The van der Waals surface area contributed by atoms with Crippen LogP contribution in [0.1, 0.15) is 330 Å². The van der Waals surface area contributed by atoms with Gasteiger partial charge in [-0.15, -0.1) is 0 Å². The van der Waals surface area contributed by atoms with Crippen LogP contribution in [0.3, 0.4) is 0 Å². The molecule has 0 bridgehead atoms. The van der Waals surface area contributed by atoms with Crippen molar-refractivity contribution < 1.29 is 80.2 Å². The van der Waals surface area contributed by atoms with E-state index in [2.05, 4.69) is 34.6 Å². The van der Waals surface area contributed by atoms with Crippen molar-refractivity contribution in [2.75, 3.05) is 39.6 Å². The lowest BCUT2D eigenvalue weighted by Gasteiger charge is -2.21. The topological polar surface area (TPSA) is 237 Å². The number of carbonyl (C=O) groups is 4. The van der Waals surface area contributed by atoms with Crippen molar-refractivity contribution in [3.05, 3.63) is 0 Å².